The third-order valence-corrected chi connectivity index (χ3v) is 4.43. The summed E-state index contributed by atoms with van der Waals surface area (Å²) in [6.45, 7) is 4.04. The minimum Gasteiger partial charge on any atom is -0.347 e. The Morgan fingerprint density at radius 2 is 2.11 bits per heavy atom. The van der Waals surface area contributed by atoms with E-state index in [1.165, 1.54) is 5.56 Å². The molecule has 1 aliphatic rings. The number of benzene rings is 1. The molecule has 0 N–H and O–H groups in total. The van der Waals surface area contributed by atoms with E-state index in [1.54, 1.807) is 23.5 Å². The van der Waals surface area contributed by atoms with Gasteiger partial charge in [-0.1, -0.05) is 12.1 Å². The third-order valence-electron chi connectivity index (χ3n) is 3.41. The van der Waals surface area contributed by atoms with E-state index in [4.69, 9.17) is 0 Å². The number of aromatic nitrogens is 1. The summed E-state index contributed by atoms with van der Waals surface area (Å²) in [6.07, 6.45) is 1.12. The molecule has 2 aromatic rings. The predicted molar refractivity (Wildman–Crippen MR) is 72.8 cm³/mol. The van der Waals surface area contributed by atoms with Crippen LogP contribution in [0.15, 0.2) is 29.6 Å². The molecule has 1 atom stereocenters. The van der Waals surface area contributed by atoms with Gasteiger partial charge in [-0.05, 0) is 31.0 Å². The molecule has 1 saturated heterocycles. The highest BCUT2D eigenvalue weighted by molar-refractivity contribution is 7.13. The summed E-state index contributed by atoms with van der Waals surface area (Å²) in [5.41, 5.74) is 2.31. The van der Waals surface area contributed by atoms with Gasteiger partial charge in [-0.15, -0.1) is 11.3 Å². The van der Waals surface area contributed by atoms with Crippen LogP contribution in [0.1, 0.15) is 23.6 Å². The van der Waals surface area contributed by atoms with Gasteiger partial charge in [0.25, 0.3) is 0 Å². The molecule has 0 radical (unpaired) electrons. The Hall–Kier alpha value is -1.42. The Morgan fingerprint density at radius 1 is 1.33 bits per heavy atom. The highest BCUT2D eigenvalue weighted by atomic mass is 32.1. The van der Waals surface area contributed by atoms with E-state index in [-0.39, 0.29) is 5.82 Å². The van der Waals surface area contributed by atoms with Gasteiger partial charge in [-0.25, -0.2) is 9.37 Å². The molecule has 2 heterocycles. The fraction of sp³-hybridized carbons (Fsp3) is 0.357. The third kappa shape index (κ3) is 2.25. The van der Waals surface area contributed by atoms with E-state index in [1.807, 2.05) is 19.1 Å². The van der Waals surface area contributed by atoms with Gasteiger partial charge in [0.05, 0.1) is 5.69 Å². The first-order valence-electron chi connectivity index (χ1n) is 6.15. The first-order valence-corrected chi connectivity index (χ1v) is 7.03. The van der Waals surface area contributed by atoms with Crippen molar-refractivity contribution in [3.05, 3.63) is 46.7 Å². The molecule has 3 rings (SSSR count). The van der Waals surface area contributed by atoms with E-state index in [0.717, 1.165) is 30.3 Å². The molecule has 18 heavy (non-hydrogen) atoms. The number of nitrogens with zero attached hydrogens (tertiary/aromatic N) is 2. The van der Waals surface area contributed by atoms with Crippen molar-refractivity contribution in [2.24, 2.45) is 0 Å². The molecule has 1 aliphatic heterocycles. The number of hydrogen-bond donors (Lipinski definition) is 0. The van der Waals surface area contributed by atoms with Crippen LogP contribution in [-0.4, -0.2) is 18.1 Å². The molecular formula is C14H15FN2S. The van der Waals surface area contributed by atoms with Gasteiger partial charge in [-0.3, -0.25) is 0 Å². The molecule has 1 aromatic carbocycles. The number of aryl methyl sites for hydroxylation is 1. The maximum absolute atomic E-state index is 12.9. The Morgan fingerprint density at radius 3 is 2.78 bits per heavy atom. The lowest BCUT2D eigenvalue weighted by atomic mass is 9.99. The van der Waals surface area contributed by atoms with Crippen LogP contribution in [0.4, 0.5) is 9.52 Å². The van der Waals surface area contributed by atoms with Crippen molar-refractivity contribution in [2.45, 2.75) is 19.3 Å². The lowest BCUT2D eigenvalue weighted by Crippen LogP contribution is -2.18. The van der Waals surface area contributed by atoms with E-state index < -0.39 is 0 Å². The van der Waals surface area contributed by atoms with E-state index in [0.29, 0.717) is 5.92 Å². The predicted octanol–water partition coefficient (Wildman–Crippen LogP) is 3.58. The van der Waals surface area contributed by atoms with Gasteiger partial charge >= 0.3 is 0 Å². The number of rotatable bonds is 2. The van der Waals surface area contributed by atoms with Gasteiger partial charge in [0.2, 0.25) is 0 Å². The maximum atomic E-state index is 12.9. The molecule has 2 nitrogen and oxygen atoms in total. The van der Waals surface area contributed by atoms with Crippen LogP contribution in [0.2, 0.25) is 0 Å². The molecular weight excluding hydrogens is 247 g/mol. The largest absolute Gasteiger partial charge is 0.347 e. The van der Waals surface area contributed by atoms with Crippen molar-refractivity contribution < 1.29 is 4.39 Å². The summed E-state index contributed by atoms with van der Waals surface area (Å²) in [5.74, 6) is 0.332. The van der Waals surface area contributed by atoms with Crippen LogP contribution in [0.25, 0.3) is 0 Å². The molecule has 0 unspecified atom stereocenters. The number of thiazole rings is 1. The smallest absolute Gasteiger partial charge is 0.185 e. The first kappa shape index (κ1) is 11.7. The summed E-state index contributed by atoms with van der Waals surface area (Å²) >= 11 is 1.70. The van der Waals surface area contributed by atoms with Crippen molar-refractivity contribution in [1.29, 1.82) is 0 Å². The van der Waals surface area contributed by atoms with Crippen LogP contribution in [0, 0.1) is 12.7 Å². The minimum atomic E-state index is -0.163. The molecule has 0 saturated carbocycles. The Labute approximate surface area is 110 Å². The van der Waals surface area contributed by atoms with Gasteiger partial charge in [0, 0.05) is 24.4 Å². The second-order valence-electron chi connectivity index (χ2n) is 4.75. The summed E-state index contributed by atoms with van der Waals surface area (Å²) in [6, 6.07) is 6.89. The van der Waals surface area contributed by atoms with Crippen molar-refractivity contribution in [3.8, 4) is 0 Å². The van der Waals surface area contributed by atoms with E-state index in [9.17, 15) is 4.39 Å². The highest BCUT2D eigenvalue weighted by Gasteiger charge is 2.25. The summed E-state index contributed by atoms with van der Waals surface area (Å²) < 4.78 is 12.9. The van der Waals surface area contributed by atoms with Crippen molar-refractivity contribution in [3.63, 3.8) is 0 Å². The van der Waals surface area contributed by atoms with Crippen LogP contribution in [0.5, 0.6) is 0 Å². The number of halogens is 1. The lowest BCUT2D eigenvalue weighted by molar-refractivity contribution is 0.625. The summed E-state index contributed by atoms with van der Waals surface area (Å²) in [4.78, 5) is 6.84. The number of anilines is 1. The van der Waals surface area contributed by atoms with Crippen molar-refractivity contribution in [2.75, 3.05) is 18.0 Å². The normalized spacial score (nSPS) is 19.4. The Kier molecular flexibility index (Phi) is 3.04. The molecule has 0 bridgehead atoms. The average molecular weight is 262 g/mol. The standard InChI is InChI=1S/C14H15FN2S/c1-10-9-18-14(16-10)17-7-6-12(8-17)11-2-4-13(15)5-3-11/h2-5,9,12H,6-8H2,1H3/t12-/m1/s1. The molecule has 1 fully saturated rings. The van der Waals surface area contributed by atoms with Gasteiger partial charge in [0.1, 0.15) is 5.82 Å². The van der Waals surface area contributed by atoms with Gasteiger partial charge in [-0.2, -0.15) is 0 Å². The SMILES string of the molecule is Cc1csc(N2CC[C@@H](c3ccc(F)cc3)C2)n1. The quantitative estimate of drug-likeness (QED) is 0.822. The van der Waals surface area contributed by atoms with Crippen LogP contribution < -0.4 is 4.90 Å². The highest BCUT2D eigenvalue weighted by Crippen LogP contribution is 2.32. The zero-order chi connectivity index (χ0) is 12.5. The van der Waals surface area contributed by atoms with Crippen molar-refractivity contribution in [1.82, 2.24) is 4.98 Å². The van der Waals surface area contributed by atoms with Gasteiger partial charge < -0.3 is 4.90 Å². The Balaban J connectivity index is 1.73. The first-order chi connectivity index (χ1) is 8.72. The van der Waals surface area contributed by atoms with E-state index in [2.05, 4.69) is 15.3 Å². The van der Waals surface area contributed by atoms with Crippen LogP contribution in [-0.2, 0) is 0 Å². The fourth-order valence-corrected chi connectivity index (χ4v) is 3.27. The minimum absolute atomic E-state index is 0.163. The van der Waals surface area contributed by atoms with Gasteiger partial charge in [0.15, 0.2) is 5.13 Å². The van der Waals surface area contributed by atoms with Crippen LogP contribution >= 0.6 is 11.3 Å². The molecule has 0 amide bonds. The Bertz CT molecular complexity index is 535. The second kappa shape index (κ2) is 4.69. The fourth-order valence-electron chi connectivity index (χ4n) is 2.43. The maximum Gasteiger partial charge on any atom is 0.185 e. The molecule has 0 aliphatic carbocycles. The zero-order valence-electron chi connectivity index (χ0n) is 10.3. The summed E-state index contributed by atoms with van der Waals surface area (Å²) in [5, 5.41) is 3.19. The molecule has 0 spiro atoms. The molecule has 4 heteroatoms. The van der Waals surface area contributed by atoms with E-state index >= 15 is 0 Å². The second-order valence-corrected chi connectivity index (χ2v) is 5.59. The molecule has 94 valence electrons. The number of hydrogen-bond acceptors (Lipinski definition) is 3. The van der Waals surface area contributed by atoms with Crippen LogP contribution in [0.3, 0.4) is 0 Å². The summed E-state index contributed by atoms with van der Waals surface area (Å²) in [7, 11) is 0. The lowest BCUT2D eigenvalue weighted by Gasteiger charge is -2.15. The average Bonchev–Trinajstić information content (AvgIpc) is 2.98. The molecule has 1 aromatic heterocycles. The zero-order valence-corrected chi connectivity index (χ0v) is 11.1. The van der Waals surface area contributed by atoms with Crippen molar-refractivity contribution >= 4 is 16.5 Å². The monoisotopic (exact) mass is 262 g/mol. The topological polar surface area (TPSA) is 16.1 Å².